The van der Waals surface area contributed by atoms with Crippen LogP contribution in [0.5, 0.6) is 0 Å². The summed E-state index contributed by atoms with van der Waals surface area (Å²) in [5, 5.41) is -66.6. The zero-order valence-corrected chi connectivity index (χ0v) is 53.1. The fraction of sp³-hybridized carbons (Fsp3) is 0.316. The molecule has 0 heterocycles. The minimum atomic E-state index is -8.39. The van der Waals surface area contributed by atoms with Crippen LogP contribution < -0.4 is 0 Å². The van der Waals surface area contributed by atoms with Crippen LogP contribution in [0.15, 0.2) is 5.57 Å². The summed E-state index contributed by atoms with van der Waals surface area (Å²) < 4.78 is 751. The Balaban J connectivity index is 1.12. The number of hydrogen-bond donors (Lipinski definition) is 0. The summed E-state index contributed by atoms with van der Waals surface area (Å²) >= 11 is 0. The van der Waals surface area contributed by atoms with Gasteiger partial charge in [-0.2, -0.15) is 176 Å². The average molecular weight is 1670 g/mol. The van der Waals surface area contributed by atoms with Crippen LogP contribution in [0.1, 0.15) is 100 Å². The highest BCUT2D eigenvalue weighted by atomic mass is 19.5. The number of benzene rings is 9. The van der Waals surface area contributed by atoms with Crippen LogP contribution in [-0.2, 0) is 43.3 Å². The molecule has 15 aromatic rings. The molecule has 40 heteroatoms. The number of alkyl halides is 40. The molecule has 0 N–H and O–H groups in total. The molecule has 0 bridgehead atoms. The second-order valence-electron chi connectivity index (χ2n) is 34.1. The lowest BCUT2D eigenvalue weighted by Crippen LogP contribution is -2.76. The van der Waals surface area contributed by atoms with Crippen molar-refractivity contribution in [1.82, 2.24) is 0 Å². The van der Waals surface area contributed by atoms with Gasteiger partial charge in [-0.1, -0.05) is 0 Å². The minimum Gasteiger partial charge on any atom is -0.195 e. The van der Waals surface area contributed by atoms with Gasteiger partial charge in [-0.3, -0.25) is 0 Å². The monoisotopic (exact) mass is 1670 g/mol. The fourth-order valence-electron chi connectivity index (χ4n) is 31.3. The van der Waals surface area contributed by atoms with Crippen molar-refractivity contribution >= 4 is 167 Å². The molecule has 116 heavy (non-hydrogen) atoms. The van der Waals surface area contributed by atoms with E-state index in [1.54, 1.807) is 0 Å². The predicted molar refractivity (Wildman–Crippen MR) is 318 cm³/mol. The van der Waals surface area contributed by atoms with Gasteiger partial charge in [-0.25, -0.2) is 0 Å². The molecule has 17 aliphatic rings. The number of rotatable bonds is 8. The quantitative estimate of drug-likeness (QED) is 0.105. The highest BCUT2D eigenvalue weighted by molar-refractivity contribution is 6.64. The summed E-state index contributed by atoms with van der Waals surface area (Å²) in [4.78, 5) is 0. The zero-order valence-electron chi connectivity index (χ0n) is 53.1. The van der Waals surface area contributed by atoms with Crippen molar-refractivity contribution in [2.24, 2.45) is 0 Å². The highest BCUT2D eigenvalue weighted by Crippen LogP contribution is 2.99. The van der Waals surface area contributed by atoms with Gasteiger partial charge in [0, 0.05) is 0 Å². The predicted octanol–water partition coefficient (Wildman–Crippen LogP) is 25.0. The summed E-state index contributed by atoms with van der Waals surface area (Å²) in [6.45, 7) is 0. The molecule has 0 aromatic heterocycles. The van der Waals surface area contributed by atoms with E-state index in [9.17, 15) is 0 Å². The molecular weight excluding hydrogens is 1670 g/mol. The van der Waals surface area contributed by atoms with Crippen molar-refractivity contribution in [1.29, 1.82) is 0 Å². The van der Waals surface area contributed by atoms with E-state index in [-0.39, 0.29) is 0 Å². The molecule has 0 aliphatic heterocycles. The smallest absolute Gasteiger partial charge is 0.195 e. The fourth-order valence-corrected chi connectivity index (χ4v) is 31.3. The third kappa shape index (κ3) is 3.77. The Morgan fingerprint density at radius 2 is 0.336 bits per heavy atom. The minimum absolute atomic E-state index is 1.63. The van der Waals surface area contributed by atoms with Gasteiger partial charge < -0.3 is 0 Å². The first kappa shape index (κ1) is 63.6. The van der Waals surface area contributed by atoms with E-state index < -0.39 is 424 Å². The third-order valence-corrected chi connectivity index (χ3v) is 32.2. The summed E-state index contributed by atoms with van der Waals surface area (Å²) in [6.07, 6.45) is -65.2. The Bertz CT molecular complexity index is 8390. The van der Waals surface area contributed by atoms with Gasteiger partial charge in [-0.15, -0.1) is 0 Å². The summed E-state index contributed by atoms with van der Waals surface area (Å²) in [5.74, 6) is -64.3. The Hall–Kier alpha value is -9.56. The van der Waals surface area contributed by atoms with Crippen molar-refractivity contribution in [2.45, 2.75) is 140 Å². The normalized spacial score (nSPS) is 29.3. The molecule has 0 spiro atoms. The second-order valence-corrected chi connectivity index (χ2v) is 34.1. The lowest BCUT2D eigenvalue weighted by atomic mass is 9.39. The third-order valence-electron chi connectivity index (χ3n) is 32.2. The molecule has 584 valence electrons. The van der Waals surface area contributed by atoms with Gasteiger partial charge in [0.2, 0.25) is 0 Å². The molecule has 0 amide bonds. The molecule has 0 saturated carbocycles. The van der Waals surface area contributed by atoms with Crippen molar-refractivity contribution in [3.63, 3.8) is 0 Å². The maximum Gasteiger partial charge on any atom is 0.454 e. The summed E-state index contributed by atoms with van der Waals surface area (Å²) in [6, 6.07) is 0. The molecule has 15 aromatic carbocycles. The number of hydrogen-bond acceptors (Lipinski definition) is 0. The number of allylic oxidation sites excluding steroid dienone is 2. The molecule has 32 rings (SSSR count). The first-order chi connectivity index (χ1) is 52.9. The summed E-state index contributed by atoms with van der Waals surface area (Å²) in [5.41, 5.74) is -118. The van der Waals surface area contributed by atoms with E-state index in [2.05, 4.69) is 0 Å². The van der Waals surface area contributed by atoms with E-state index in [0.717, 1.165) is 0 Å². The van der Waals surface area contributed by atoms with Gasteiger partial charge in [0.1, 0.15) is 43.3 Å². The van der Waals surface area contributed by atoms with Crippen molar-refractivity contribution in [3.8, 4) is 11.1 Å². The van der Waals surface area contributed by atoms with Gasteiger partial charge in [0.05, 0.1) is 0 Å². The molecule has 8 atom stereocenters. The maximum atomic E-state index is 20.5. The van der Waals surface area contributed by atoms with E-state index in [1.165, 1.54) is 0 Å². The molecular formula is C76F40. The Kier molecular flexibility index (Phi) is 7.47. The van der Waals surface area contributed by atoms with E-state index in [1.807, 2.05) is 0 Å². The summed E-state index contributed by atoms with van der Waals surface area (Å²) in [7, 11) is 0. The number of halogens is 40. The lowest BCUT2D eigenvalue weighted by molar-refractivity contribution is -0.350. The van der Waals surface area contributed by atoms with Crippen LogP contribution in [0.25, 0.3) is 178 Å². The first-order valence-electron chi connectivity index (χ1n) is 34.1. The van der Waals surface area contributed by atoms with Crippen molar-refractivity contribution < 1.29 is 176 Å². The molecule has 0 nitrogen and oxygen atoms in total. The lowest BCUT2D eigenvalue weighted by Gasteiger charge is -2.63. The van der Waals surface area contributed by atoms with Gasteiger partial charge in [0.25, 0.3) is 0 Å². The van der Waals surface area contributed by atoms with Crippen molar-refractivity contribution in [3.05, 3.63) is 106 Å². The van der Waals surface area contributed by atoms with E-state index >= 15 is 176 Å². The maximum absolute atomic E-state index is 20.5. The Labute approximate surface area is 598 Å². The van der Waals surface area contributed by atoms with Crippen LogP contribution in [0.2, 0.25) is 0 Å². The standard InChI is InChI=1S/C76F40/c77-61(78,69(93,94)95)53-34-11-1-2-5-10-4(1)15-13(34)8-14-18-9-20-19(8)39(15)57(65(85,86)73(105,106)107)41(10)33-26-23(5)45-46-22(2)25-24(11)36(53)27-28-31(37(14)53)43(18)59(67(89,90)75(111,112)113)42-21(9)17-6-3-7-12(16(6)44(33)58(57,40(17)20)66(87,88)74(108,109)110)35(26)54(45,62(79,80)70(96,97)98)51-30(7)47-50(29(3)42)60(59,68(91,92)76(114,115)116)49(28)48-32(27)38(25)55(46,63(81,82)71(99,100)101)52(51)56(47,48)64(83,84)72(102,103)104. The molecule has 17 aliphatic carbocycles. The van der Waals surface area contributed by atoms with Gasteiger partial charge in [0.15, 0.2) is 0 Å². The Morgan fingerprint density at radius 1 is 0.121 bits per heavy atom. The van der Waals surface area contributed by atoms with Crippen LogP contribution >= 0.6 is 0 Å². The van der Waals surface area contributed by atoms with Crippen LogP contribution in [0, 0.1) is 0 Å². The average Bonchev–Trinajstić information content (AvgIpc) is 1.35. The van der Waals surface area contributed by atoms with Crippen LogP contribution in [0.3, 0.4) is 0 Å². The van der Waals surface area contributed by atoms with Crippen LogP contribution in [-0.4, -0.2) is 96.8 Å². The molecule has 0 saturated heterocycles. The topological polar surface area (TPSA) is 0 Å². The largest absolute Gasteiger partial charge is 0.454 e. The van der Waals surface area contributed by atoms with E-state index in [4.69, 9.17) is 0 Å². The molecule has 0 fully saturated rings. The first-order valence-corrected chi connectivity index (χ1v) is 34.1. The van der Waals surface area contributed by atoms with Crippen molar-refractivity contribution in [2.75, 3.05) is 0 Å². The molecule has 0 radical (unpaired) electrons. The SMILES string of the molecule is FC(F)(F)C(F)(F)C12C3=C4c5c1c1c6c7c8c9c%10c%11c%12c%13c%14c%15c%16c%17c%18c%19c%20c%21c(c2c%20c2c%18c%18c(c%20c%22c%23c(c%24c5c6c9c%24c5c%23c(c6c%22c%18c%17c%146)C%13(C(F)(F)C(F)(F)F)C5%10C(F)(F)C(F)(F)F)C4%20C(F)(F)C(F)(F)F)C32C(F)(F)C(F)(F)F)C1(C(F)(F)C(F)(F)F)C7(C(F)(F)C(F)(F)F)c1c-%21c(c(c1c%118)c%12%15)C%19%16C(F)(F)C(F)(F)F. The second kappa shape index (κ2) is 13.6. The highest BCUT2D eigenvalue weighted by Gasteiger charge is 3.02. The Morgan fingerprint density at radius 3 is 0.750 bits per heavy atom. The van der Waals surface area contributed by atoms with Gasteiger partial charge in [-0.05, 0) is 284 Å². The van der Waals surface area contributed by atoms with Gasteiger partial charge >= 0.3 is 96.8 Å². The van der Waals surface area contributed by atoms with E-state index in [0.29, 0.717) is 0 Å². The van der Waals surface area contributed by atoms with Crippen LogP contribution in [0.4, 0.5) is 176 Å². The molecule has 8 unspecified atom stereocenters. The zero-order chi connectivity index (χ0) is 82.0.